The number of carbonyl (C=O) groups is 1. The summed E-state index contributed by atoms with van der Waals surface area (Å²) in [6, 6.07) is 10.4. The molecule has 0 saturated heterocycles. The number of carboxylic acid groups (broad SMARTS) is 1. The van der Waals surface area contributed by atoms with Crippen LogP contribution in [0.25, 0.3) is 21.3 Å². The average Bonchev–Trinajstić information content (AvgIpc) is 3.32. The Morgan fingerprint density at radius 3 is 2.86 bits per heavy atom. The zero-order valence-corrected chi connectivity index (χ0v) is 15.9. The molecule has 0 aliphatic heterocycles. The fourth-order valence-electron chi connectivity index (χ4n) is 3.05. The molecule has 142 valence electrons. The highest BCUT2D eigenvalue weighted by Gasteiger charge is 2.17. The van der Waals surface area contributed by atoms with Crippen LogP contribution in [0.1, 0.15) is 22.1 Å². The van der Waals surface area contributed by atoms with Crippen LogP contribution < -0.4 is 10.3 Å². The second kappa shape index (κ2) is 6.97. The topological polar surface area (TPSA) is 94.6 Å². The Balaban J connectivity index is 1.84. The Kier molecular flexibility index (Phi) is 4.48. The second-order valence-corrected chi connectivity index (χ2v) is 7.04. The molecule has 28 heavy (non-hydrogen) atoms. The van der Waals surface area contributed by atoms with Crippen molar-refractivity contribution in [1.29, 1.82) is 0 Å². The third-order valence-electron chi connectivity index (χ3n) is 4.45. The van der Waals surface area contributed by atoms with Crippen molar-refractivity contribution < 1.29 is 19.1 Å². The van der Waals surface area contributed by atoms with Crippen molar-refractivity contribution >= 4 is 27.5 Å². The van der Waals surface area contributed by atoms with Crippen molar-refractivity contribution in [2.45, 2.75) is 13.5 Å². The molecule has 0 aliphatic carbocycles. The van der Waals surface area contributed by atoms with E-state index in [2.05, 4.69) is 4.98 Å². The number of thiophene rings is 1. The first kappa shape index (κ1) is 18.0. The smallest absolute Gasteiger partial charge is 0.371 e. The van der Waals surface area contributed by atoms with E-state index in [-0.39, 0.29) is 17.9 Å². The minimum absolute atomic E-state index is 0.105. The number of rotatable bonds is 5. The number of hydrogen-bond acceptors (Lipinski definition) is 6. The summed E-state index contributed by atoms with van der Waals surface area (Å²) in [4.78, 5) is 29.5. The molecule has 0 fully saturated rings. The fraction of sp³-hybridized carbons (Fsp3) is 0.150. The molecule has 0 unspecified atom stereocenters. The normalized spacial score (nSPS) is 11.1. The van der Waals surface area contributed by atoms with E-state index in [1.54, 1.807) is 20.1 Å². The van der Waals surface area contributed by atoms with Crippen LogP contribution in [0.4, 0.5) is 0 Å². The van der Waals surface area contributed by atoms with Crippen LogP contribution in [-0.4, -0.2) is 27.7 Å². The Labute approximate surface area is 163 Å². The monoisotopic (exact) mass is 396 g/mol. The molecule has 4 rings (SSSR count). The van der Waals surface area contributed by atoms with E-state index in [0.29, 0.717) is 27.6 Å². The number of carboxylic acids is 1. The van der Waals surface area contributed by atoms with Crippen molar-refractivity contribution in [2.24, 2.45) is 0 Å². The lowest BCUT2D eigenvalue weighted by atomic mass is 10.1. The quantitative estimate of drug-likeness (QED) is 0.552. The van der Waals surface area contributed by atoms with E-state index in [1.165, 1.54) is 22.0 Å². The minimum Gasteiger partial charge on any atom is -0.497 e. The number of ether oxygens (including phenoxy) is 1. The molecule has 4 aromatic rings. The molecule has 0 aliphatic rings. The number of aromatic carboxylic acids is 1. The summed E-state index contributed by atoms with van der Waals surface area (Å²) in [5.41, 5.74) is 1.46. The standard InChI is InChI=1S/C20H16N2O5S/c1-11-21-18-17(15(10-28-18)12-4-3-5-13(8-12)26-2)19(23)22(11)9-14-6-7-16(27-14)20(24)25/h3-8,10H,9H2,1-2H3,(H,24,25). The first-order valence-electron chi connectivity index (χ1n) is 8.43. The van der Waals surface area contributed by atoms with Gasteiger partial charge in [-0.15, -0.1) is 11.3 Å². The number of benzene rings is 1. The van der Waals surface area contributed by atoms with Crippen molar-refractivity contribution in [3.8, 4) is 16.9 Å². The van der Waals surface area contributed by atoms with Crippen LogP contribution in [0, 0.1) is 6.92 Å². The van der Waals surface area contributed by atoms with Crippen LogP contribution in [0.3, 0.4) is 0 Å². The van der Waals surface area contributed by atoms with Crippen molar-refractivity contribution in [3.63, 3.8) is 0 Å². The van der Waals surface area contributed by atoms with Crippen LogP contribution in [0.2, 0.25) is 0 Å². The number of furan rings is 1. The third kappa shape index (κ3) is 3.07. The predicted molar refractivity (Wildman–Crippen MR) is 105 cm³/mol. The number of hydrogen-bond donors (Lipinski definition) is 1. The zero-order chi connectivity index (χ0) is 19.8. The summed E-state index contributed by atoms with van der Waals surface area (Å²) in [7, 11) is 1.59. The van der Waals surface area contributed by atoms with Gasteiger partial charge in [-0.05, 0) is 36.8 Å². The molecule has 0 saturated carbocycles. The summed E-state index contributed by atoms with van der Waals surface area (Å²) >= 11 is 1.41. The predicted octanol–water partition coefficient (Wildman–Crippen LogP) is 3.78. The Morgan fingerprint density at radius 2 is 2.14 bits per heavy atom. The van der Waals surface area contributed by atoms with Crippen LogP contribution in [-0.2, 0) is 6.54 Å². The summed E-state index contributed by atoms with van der Waals surface area (Å²) in [6.45, 7) is 1.85. The van der Waals surface area contributed by atoms with Gasteiger partial charge in [-0.2, -0.15) is 0 Å². The lowest BCUT2D eigenvalue weighted by molar-refractivity contribution is 0.0660. The van der Waals surface area contributed by atoms with Gasteiger partial charge in [0.1, 0.15) is 22.2 Å². The van der Waals surface area contributed by atoms with Gasteiger partial charge < -0.3 is 14.3 Å². The number of fused-ring (bicyclic) bond motifs is 1. The van der Waals surface area contributed by atoms with E-state index < -0.39 is 5.97 Å². The van der Waals surface area contributed by atoms with Gasteiger partial charge in [0, 0.05) is 10.9 Å². The van der Waals surface area contributed by atoms with E-state index in [1.807, 2.05) is 29.6 Å². The van der Waals surface area contributed by atoms with Gasteiger partial charge in [0.25, 0.3) is 5.56 Å². The molecular weight excluding hydrogens is 380 g/mol. The molecular formula is C20H16N2O5S. The van der Waals surface area contributed by atoms with Gasteiger partial charge >= 0.3 is 5.97 Å². The number of methoxy groups -OCH3 is 1. The Bertz CT molecular complexity index is 1250. The Hall–Kier alpha value is -3.39. The molecule has 0 bridgehead atoms. The van der Waals surface area contributed by atoms with Gasteiger partial charge in [0.05, 0.1) is 19.0 Å². The maximum atomic E-state index is 13.2. The molecule has 8 heteroatoms. The summed E-state index contributed by atoms with van der Waals surface area (Å²) in [5, 5.41) is 11.4. The summed E-state index contributed by atoms with van der Waals surface area (Å²) in [5.74, 6) is 0.296. The van der Waals surface area contributed by atoms with E-state index >= 15 is 0 Å². The molecule has 1 aromatic carbocycles. The van der Waals surface area contributed by atoms with Gasteiger partial charge in [0.2, 0.25) is 5.76 Å². The zero-order valence-electron chi connectivity index (χ0n) is 15.1. The molecule has 3 aromatic heterocycles. The van der Waals surface area contributed by atoms with Crippen LogP contribution in [0.5, 0.6) is 5.75 Å². The third-order valence-corrected chi connectivity index (χ3v) is 5.32. The van der Waals surface area contributed by atoms with Crippen molar-refractivity contribution in [2.75, 3.05) is 7.11 Å². The number of nitrogens with zero attached hydrogens (tertiary/aromatic N) is 2. The second-order valence-electron chi connectivity index (χ2n) is 6.18. The number of aryl methyl sites for hydroxylation is 1. The minimum atomic E-state index is -1.15. The first-order chi connectivity index (χ1) is 13.5. The molecule has 3 heterocycles. The average molecular weight is 396 g/mol. The maximum Gasteiger partial charge on any atom is 0.371 e. The summed E-state index contributed by atoms with van der Waals surface area (Å²) in [6.07, 6.45) is 0. The van der Waals surface area contributed by atoms with Gasteiger partial charge in [-0.25, -0.2) is 9.78 Å². The molecule has 0 spiro atoms. The van der Waals surface area contributed by atoms with Crippen molar-refractivity contribution in [3.05, 3.63) is 69.5 Å². The summed E-state index contributed by atoms with van der Waals surface area (Å²) < 4.78 is 12.1. The van der Waals surface area contributed by atoms with Gasteiger partial charge in [0.15, 0.2) is 0 Å². The van der Waals surface area contributed by atoms with E-state index in [0.717, 1.165) is 11.1 Å². The molecule has 0 atom stereocenters. The van der Waals surface area contributed by atoms with Gasteiger partial charge in [-0.1, -0.05) is 12.1 Å². The van der Waals surface area contributed by atoms with E-state index in [4.69, 9.17) is 14.3 Å². The van der Waals surface area contributed by atoms with Crippen LogP contribution >= 0.6 is 11.3 Å². The Morgan fingerprint density at radius 1 is 1.32 bits per heavy atom. The lowest BCUT2D eigenvalue weighted by Gasteiger charge is -2.09. The molecule has 1 N–H and O–H groups in total. The van der Waals surface area contributed by atoms with Gasteiger partial charge in [-0.3, -0.25) is 9.36 Å². The highest BCUT2D eigenvalue weighted by Crippen LogP contribution is 2.32. The van der Waals surface area contributed by atoms with Crippen LogP contribution in [0.15, 0.2) is 51.0 Å². The SMILES string of the molecule is COc1cccc(-c2csc3nc(C)n(Cc4ccc(C(=O)O)o4)c(=O)c23)c1. The maximum absolute atomic E-state index is 13.2. The lowest BCUT2D eigenvalue weighted by Crippen LogP contribution is -2.24. The largest absolute Gasteiger partial charge is 0.497 e. The highest BCUT2D eigenvalue weighted by atomic mass is 32.1. The first-order valence-corrected chi connectivity index (χ1v) is 9.31. The van der Waals surface area contributed by atoms with E-state index in [9.17, 15) is 9.59 Å². The molecule has 0 radical (unpaired) electrons. The number of aromatic nitrogens is 2. The van der Waals surface area contributed by atoms with Crippen molar-refractivity contribution in [1.82, 2.24) is 9.55 Å². The highest BCUT2D eigenvalue weighted by molar-refractivity contribution is 7.17. The fourth-order valence-corrected chi connectivity index (χ4v) is 4.03. The molecule has 0 amide bonds. The molecule has 7 nitrogen and oxygen atoms in total.